The summed E-state index contributed by atoms with van der Waals surface area (Å²) in [6, 6.07) is 0.522. The topological polar surface area (TPSA) is 39.2 Å². The number of halogens is 4. The number of aryl methyl sites for hydroxylation is 1. The van der Waals surface area contributed by atoms with Gasteiger partial charge in [-0.1, -0.05) is 6.92 Å². The third kappa shape index (κ3) is 2.31. The van der Waals surface area contributed by atoms with E-state index in [0.717, 1.165) is 0 Å². The predicted molar refractivity (Wildman–Crippen MR) is 46.0 cm³/mol. The van der Waals surface area contributed by atoms with Gasteiger partial charge in [0.25, 0.3) is 0 Å². The molecule has 0 amide bonds. The van der Waals surface area contributed by atoms with Gasteiger partial charge in [-0.05, 0) is 12.1 Å². The summed E-state index contributed by atoms with van der Waals surface area (Å²) in [6.07, 6.45) is -3.31. The largest absolute Gasteiger partial charge is 0.464 e. The van der Waals surface area contributed by atoms with Crippen molar-refractivity contribution in [3.63, 3.8) is 0 Å². The molecule has 0 aliphatic carbocycles. The number of rotatable bonds is 4. The van der Waals surface area contributed by atoms with E-state index in [4.69, 9.17) is 10.2 Å². The Morgan fingerprint density at radius 3 is 2.40 bits per heavy atom. The highest BCUT2D eigenvalue weighted by atomic mass is 19.3. The molecular formula is C9H11F4NO. The second kappa shape index (κ2) is 4.22. The van der Waals surface area contributed by atoms with Gasteiger partial charge in [0.15, 0.2) is 0 Å². The molecular weight excluding hydrogens is 214 g/mol. The van der Waals surface area contributed by atoms with E-state index in [1.807, 2.05) is 0 Å². The Morgan fingerprint density at radius 1 is 1.40 bits per heavy atom. The molecule has 1 unspecified atom stereocenters. The van der Waals surface area contributed by atoms with Gasteiger partial charge in [0.1, 0.15) is 17.6 Å². The van der Waals surface area contributed by atoms with E-state index >= 15 is 0 Å². The lowest BCUT2D eigenvalue weighted by Gasteiger charge is -2.20. The van der Waals surface area contributed by atoms with Crippen LogP contribution < -0.4 is 5.73 Å². The van der Waals surface area contributed by atoms with Gasteiger partial charge >= 0.3 is 12.3 Å². The molecule has 1 aromatic rings. The van der Waals surface area contributed by atoms with E-state index in [1.165, 1.54) is 12.1 Å². The molecule has 15 heavy (non-hydrogen) atoms. The first-order valence-corrected chi connectivity index (χ1v) is 4.39. The molecule has 86 valence electrons. The summed E-state index contributed by atoms with van der Waals surface area (Å²) in [4.78, 5) is 0. The number of nitrogens with two attached hydrogens (primary N) is 1. The van der Waals surface area contributed by atoms with E-state index in [1.54, 1.807) is 6.92 Å². The van der Waals surface area contributed by atoms with Crippen molar-refractivity contribution in [1.29, 1.82) is 0 Å². The molecule has 0 aliphatic heterocycles. The monoisotopic (exact) mass is 225 g/mol. The maximum absolute atomic E-state index is 12.8. The minimum Gasteiger partial charge on any atom is -0.464 e. The third-order valence-electron chi connectivity index (χ3n) is 2.04. The molecule has 1 aromatic heterocycles. The van der Waals surface area contributed by atoms with Crippen LogP contribution in [0.2, 0.25) is 0 Å². The van der Waals surface area contributed by atoms with E-state index < -0.39 is 18.4 Å². The quantitative estimate of drug-likeness (QED) is 0.800. The zero-order valence-corrected chi connectivity index (χ0v) is 8.01. The van der Waals surface area contributed by atoms with Crippen LogP contribution in [0.25, 0.3) is 0 Å². The van der Waals surface area contributed by atoms with Crippen molar-refractivity contribution >= 4 is 0 Å². The fourth-order valence-electron chi connectivity index (χ4n) is 1.08. The molecule has 1 rings (SSSR count). The highest BCUT2D eigenvalue weighted by Gasteiger charge is 2.49. The molecule has 0 aromatic carbocycles. The Bertz CT molecular complexity index is 324. The lowest BCUT2D eigenvalue weighted by molar-refractivity contribution is -0.147. The molecule has 0 saturated heterocycles. The highest BCUT2D eigenvalue weighted by molar-refractivity contribution is 5.13. The second-order valence-electron chi connectivity index (χ2n) is 3.11. The summed E-state index contributed by atoms with van der Waals surface area (Å²) in [5.41, 5.74) is 5.02. The molecule has 2 nitrogen and oxygen atoms in total. The zero-order valence-electron chi connectivity index (χ0n) is 8.01. The summed E-state index contributed by atoms with van der Waals surface area (Å²) >= 11 is 0. The molecule has 0 spiro atoms. The van der Waals surface area contributed by atoms with Crippen LogP contribution >= 0.6 is 0 Å². The summed E-state index contributed by atoms with van der Waals surface area (Å²) < 4.78 is 54.4. The van der Waals surface area contributed by atoms with Gasteiger partial charge in [-0.15, -0.1) is 0 Å². The SMILES string of the molecule is CCc1ccc(C(N)C(F)(F)C(F)F)o1. The molecule has 0 radical (unpaired) electrons. The van der Waals surface area contributed by atoms with Crippen LogP contribution in [0.1, 0.15) is 24.5 Å². The molecule has 0 fully saturated rings. The predicted octanol–water partition coefficient (Wildman–Crippen LogP) is 2.74. The summed E-state index contributed by atoms with van der Waals surface area (Å²) in [5, 5.41) is 0. The number of alkyl halides is 4. The van der Waals surface area contributed by atoms with E-state index in [0.29, 0.717) is 12.2 Å². The second-order valence-corrected chi connectivity index (χ2v) is 3.11. The highest BCUT2D eigenvalue weighted by Crippen LogP contribution is 2.35. The molecule has 1 heterocycles. The van der Waals surface area contributed by atoms with Crippen LogP contribution in [-0.2, 0) is 6.42 Å². The standard InChI is InChI=1S/C9H11F4NO/c1-2-5-3-4-6(15-5)7(14)9(12,13)8(10)11/h3-4,7-8H,2,14H2,1H3. The average Bonchev–Trinajstić information content (AvgIpc) is 2.64. The molecule has 0 aliphatic rings. The molecule has 0 saturated carbocycles. The van der Waals surface area contributed by atoms with Crippen LogP contribution in [0.5, 0.6) is 0 Å². The maximum atomic E-state index is 12.8. The average molecular weight is 225 g/mol. The normalized spacial score (nSPS) is 14.6. The van der Waals surface area contributed by atoms with E-state index in [9.17, 15) is 17.6 Å². The first kappa shape index (κ1) is 12.0. The van der Waals surface area contributed by atoms with Crippen LogP contribution in [0.3, 0.4) is 0 Å². The Labute approximate surface area is 84.1 Å². The van der Waals surface area contributed by atoms with Gasteiger partial charge in [-0.25, -0.2) is 8.78 Å². The summed E-state index contributed by atoms with van der Waals surface area (Å²) in [7, 11) is 0. The number of hydrogen-bond acceptors (Lipinski definition) is 2. The molecule has 0 bridgehead atoms. The number of hydrogen-bond donors (Lipinski definition) is 1. The van der Waals surface area contributed by atoms with Crippen LogP contribution in [0.15, 0.2) is 16.5 Å². The van der Waals surface area contributed by atoms with Crippen molar-refractivity contribution in [1.82, 2.24) is 0 Å². The first-order valence-electron chi connectivity index (χ1n) is 4.39. The van der Waals surface area contributed by atoms with Gasteiger partial charge in [-0.3, -0.25) is 0 Å². The fraction of sp³-hybridized carbons (Fsp3) is 0.556. The molecule has 1 atom stereocenters. The summed E-state index contributed by atoms with van der Waals surface area (Å²) in [5.74, 6) is -4.16. The Hall–Kier alpha value is -1.04. The van der Waals surface area contributed by atoms with Crippen molar-refractivity contribution in [3.05, 3.63) is 23.7 Å². The Balaban J connectivity index is 2.88. The van der Waals surface area contributed by atoms with Crippen molar-refractivity contribution in [2.45, 2.75) is 31.7 Å². The Morgan fingerprint density at radius 2 is 2.00 bits per heavy atom. The van der Waals surface area contributed by atoms with Crippen LogP contribution in [-0.4, -0.2) is 12.3 Å². The van der Waals surface area contributed by atoms with E-state index in [2.05, 4.69) is 0 Å². The van der Waals surface area contributed by atoms with Gasteiger partial charge in [0.2, 0.25) is 0 Å². The molecule has 2 N–H and O–H groups in total. The Kier molecular flexibility index (Phi) is 3.38. The third-order valence-corrected chi connectivity index (χ3v) is 2.04. The number of furan rings is 1. The van der Waals surface area contributed by atoms with E-state index in [-0.39, 0.29) is 5.76 Å². The van der Waals surface area contributed by atoms with Crippen molar-refractivity contribution in [2.75, 3.05) is 0 Å². The van der Waals surface area contributed by atoms with Crippen LogP contribution in [0, 0.1) is 0 Å². The van der Waals surface area contributed by atoms with Crippen molar-refractivity contribution in [3.8, 4) is 0 Å². The van der Waals surface area contributed by atoms with Gasteiger partial charge in [0.05, 0.1) is 0 Å². The minimum absolute atomic E-state index is 0.322. The minimum atomic E-state index is -4.27. The summed E-state index contributed by atoms with van der Waals surface area (Å²) in [6.45, 7) is 1.75. The van der Waals surface area contributed by atoms with Gasteiger partial charge in [-0.2, -0.15) is 8.78 Å². The lowest BCUT2D eigenvalue weighted by atomic mass is 10.1. The fourth-order valence-corrected chi connectivity index (χ4v) is 1.08. The smallest absolute Gasteiger partial charge is 0.329 e. The zero-order chi connectivity index (χ0) is 11.6. The first-order chi connectivity index (χ1) is 6.89. The van der Waals surface area contributed by atoms with Crippen LogP contribution in [0.4, 0.5) is 17.6 Å². The van der Waals surface area contributed by atoms with Crippen molar-refractivity contribution in [2.24, 2.45) is 5.73 Å². The van der Waals surface area contributed by atoms with Gasteiger partial charge < -0.3 is 10.2 Å². The molecule has 6 heteroatoms. The lowest BCUT2D eigenvalue weighted by Crippen LogP contribution is -2.39. The van der Waals surface area contributed by atoms with Crippen molar-refractivity contribution < 1.29 is 22.0 Å². The van der Waals surface area contributed by atoms with Gasteiger partial charge in [0, 0.05) is 6.42 Å². The maximum Gasteiger partial charge on any atom is 0.329 e.